The van der Waals surface area contributed by atoms with Gasteiger partial charge in [0.15, 0.2) is 0 Å². The van der Waals surface area contributed by atoms with Crippen LogP contribution >= 0.6 is 0 Å². The fourth-order valence-electron chi connectivity index (χ4n) is 4.40. The maximum Gasteiger partial charge on any atom is 0.0220 e. The number of hydrogen-bond acceptors (Lipinski definition) is 2. The molecule has 144 valence electrons. The van der Waals surface area contributed by atoms with Gasteiger partial charge < -0.3 is 10.2 Å². The van der Waals surface area contributed by atoms with Gasteiger partial charge in [0.2, 0.25) is 0 Å². The molecule has 2 nitrogen and oxygen atoms in total. The zero-order valence-electron chi connectivity index (χ0n) is 16.8. The van der Waals surface area contributed by atoms with Crippen molar-refractivity contribution in [2.45, 2.75) is 64.7 Å². The molecule has 2 aliphatic rings. The Hall–Kier alpha value is -1.28. The molecule has 2 heteroatoms. The van der Waals surface area contributed by atoms with E-state index >= 15 is 0 Å². The van der Waals surface area contributed by atoms with Crippen molar-refractivity contribution in [3.05, 3.63) is 47.7 Å². The van der Waals surface area contributed by atoms with Crippen LogP contribution in [-0.4, -0.2) is 31.1 Å². The van der Waals surface area contributed by atoms with E-state index in [4.69, 9.17) is 0 Å². The van der Waals surface area contributed by atoms with Crippen molar-refractivity contribution in [3.8, 4) is 0 Å². The van der Waals surface area contributed by atoms with E-state index < -0.39 is 0 Å². The van der Waals surface area contributed by atoms with Crippen LogP contribution in [0.4, 0.5) is 0 Å². The van der Waals surface area contributed by atoms with Gasteiger partial charge in [0.25, 0.3) is 0 Å². The van der Waals surface area contributed by atoms with Gasteiger partial charge in [-0.15, -0.1) is 0 Å². The molecule has 0 radical (unpaired) electrons. The number of benzene rings is 1. The second-order valence-electron chi connectivity index (χ2n) is 8.53. The average Bonchev–Trinajstić information content (AvgIpc) is 2.88. The Bertz CT molecular complexity index is 534. The van der Waals surface area contributed by atoms with Crippen LogP contribution in [0.15, 0.2) is 36.5 Å². The van der Waals surface area contributed by atoms with E-state index in [0.29, 0.717) is 0 Å². The molecule has 1 aromatic rings. The van der Waals surface area contributed by atoms with Gasteiger partial charge >= 0.3 is 0 Å². The molecule has 0 aromatic heterocycles. The lowest BCUT2D eigenvalue weighted by molar-refractivity contribution is 0.137. The second-order valence-corrected chi connectivity index (χ2v) is 8.53. The number of rotatable bonds is 9. The summed E-state index contributed by atoms with van der Waals surface area (Å²) in [5, 5.41) is 3.52. The predicted octanol–water partition coefficient (Wildman–Crippen LogP) is 5.19. The minimum Gasteiger partial charge on any atom is -0.374 e. The van der Waals surface area contributed by atoms with Gasteiger partial charge in [0.1, 0.15) is 0 Å². The van der Waals surface area contributed by atoms with E-state index in [0.717, 1.165) is 18.3 Å². The molecule has 2 heterocycles. The van der Waals surface area contributed by atoms with Crippen molar-refractivity contribution in [3.63, 3.8) is 0 Å². The molecule has 1 unspecified atom stereocenters. The zero-order chi connectivity index (χ0) is 18.2. The van der Waals surface area contributed by atoms with Crippen LogP contribution in [0.5, 0.6) is 0 Å². The summed E-state index contributed by atoms with van der Waals surface area (Å²) in [6.07, 6.45) is 11.9. The molecule has 3 rings (SSSR count). The number of allylic oxidation sites excluding steroid dienone is 1. The van der Waals surface area contributed by atoms with E-state index in [2.05, 4.69) is 48.0 Å². The number of unbranched alkanes of at least 4 members (excludes halogenated alkanes) is 1. The Balaban J connectivity index is 1.33. The van der Waals surface area contributed by atoms with E-state index in [1.165, 1.54) is 94.4 Å². The molecular formula is C24H38N2. The van der Waals surface area contributed by atoms with Crippen molar-refractivity contribution in [2.24, 2.45) is 11.8 Å². The fraction of sp³-hybridized carbons (Fsp3) is 0.667. The lowest BCUT2D eigenvalue weighted by Gasteiger charge is -2.42. The summed E-state index contributed by atoms with van der Waals surface area (Å²) in [4.78, 5) is 2.45. The first-order valence-electron chi connectivity index (χ1n) is 11.0. The highest BCUT2D eigenvalue weighted by Crippen LogP contribution is 2.25. The number of aryl methyl sites for hydroxylation is 1. The van der Waals surface area contributed by atoms with Crippen LogP contribution in [0.2, 0.25) is 0 Å². The number of likely N-dealkylation sites (tertiary alicyclic amines) is 1. The monoisotopic (exact) mass is 354 g/mol. The third-order valence-corrected chi connectivity index (χ3v) is 6.44. The number of nitrogens with zero attached hydrogens (tertiary/aromatic N) is 1. The maximum atomic E-state index is 4.30. The number of nitrogens with one attached hydrogen (secondary N) is 1. The van der Waals surface area contributed by atoms with Crippen LogP contribution in [0, 0.1) is 11.8 Å². The van der Waals surface area contributed by atoms with Gasteiger partial charge in [-0.1, -0.05) is 50.6 Å². The Kier molecular flexibility index (Phi) is 7.61. The lowest BCUT2D eigenvalue weighted by Crippen LogP contribution is -2.45. The van der Waals surface area contributed by atoms with Gasteiger partial charge in [-0.3, -0.25) is 0 Å². The number of hydrogen-bond donors (Lipinski definition) is 1. The molecule has 0 aliphatic carbocycles. The van der Waals surface area contributed by atoms with Crippen molar-refractivity contribution in [2.75, 3.05) is 26.2 Å². The summed E-state index contributed by atoms with van der Waals surface area (Å²) >= 11 is 0. The third kappa shape index (κ3) is 5.87. The van der Waals surface area contributed by atoms with E-state index in [1.807, 2.05) is 0 Å². The summed E-state index contributed by atoms with van der Waals surface area (Å²) < 4.78 is 0. The van der Waals surface area contributed by atoms with Gasteiger partial charge in [-0.2, -0.15) is 0 Å². The molecule has 0 bridgehead atoms. The van der Waals surface area contributed by atoms with Crippen LogP contribution < -0.4 is 5.32 Å². The van der Waals surface area contributed by atoms with Crippen molar-refractivity contribution in [1.29, 1.82) is 0 Å². The topological polar surface area (TPSA) is 15.3 Å². The van der Waals surface area contributed by atoms with Crippen molar-refractivity contribution >= 4 is 0 Å². The summed E-state index contributed by atoms with van der Waals surface area (Å²) in [6, 6.07) is 9.30. The molecule has 0 saturated carbocycles. The zero-order valence-corrected chi connectivity index (χ0v) is 16.8. The highest BCUT2D eigenvalue weighted by Gasteiger charge is 2.25. The quantitative estimate of drug-likeness (QED) is 0.614. The lowest BCUT2D eigenvalue weighted by atomic mass is 9.93. The van der Waals surface area contributed by atoms with Crippen LogP contribution in [0.25, 0.3) is 0 Å². The van der Waals surface area contributed by atoms with Crippen molar-refractivity contribution in [1.82, 2.24) is 10.2 Å². The van der Waals surface area contributed by atoms with E-state index in [9.17, 15) is 0 Å². The summed E-state index contributed by atoms with van der Waals surface area (Å²) in [5.41, 5.74) is 4.20. The van der Waals surface area contributed by atoms with Crippen LogP contribution in [0.3, 0.4) is 0 Å². The second kappa shape index (κ2) is 10.2. The van der Waals surface area contributed by atoms with Gasteiger partial charge in [-0.25, -0.2) is 0 Å². The molecule has 1 atom stereocenters. The predicted molar refractivity (Wildman–Crippen MR) is 112 cm³/mol. The minimum atomic E-state index is 0.892. The summed E-state index contributed by atoms with van der Waals surface area (Å²) in [6.45, 7) is 11.5. The molecule has 0 amide bonds. The Morgan fingerprint density at radius 3 is 2.58 bits per heavy atom. The van der Waals surface area contributed by atoms with Gasteiger partial charge in [0, 0.05) is 25.2 Å². The van der Waals surface area contributed by atoms with Gasteiger partial charge in [0.05, 0.1) is 0 Å². The minimum absolute atomic E-state index is 0.892. The molecule has 26 heavy (non-hydrogen) atoms. The molecule has 1 N–H and O–H groups in total. The molecule has 0 spiro atoms. The largest absolute Gasteiger partial charge is 0.374 e. The Morgan fingerprint density at radius 1 is 1.04 bits per heavy atom. The molecule has 2 fully saturated rings. The van der Waals surface area contributed by atoms with Crippen LogP contribution in [0.1, 0.15) is 63.0 Å². The smallest absolute Gasteiger partial charge is 0.0220 e. The fourth-order valence-corrected chi connectivity index (χ4v) is 4.40. The van der Waals surface area contributed by atoms with E-state index in [-0.39, 0.29) is 0 Å². The van der Waals surface area contributed by atoms with Crippen LogP contribution in [-0.2, 0) is 12.8 Å². The average molecular weight is 355 g/mol. The normalized spacial score (nSPS) is 21.3. The highest BCUT2D eigenvalue weighted by molar-refractivity contribution is 5.26. The van der Waals surface area contributed by atoms with E-state index in [1.54, 1.807) is 0 Å². The Morgan fingerprint density at radius 2 is 1.81 bits per heavy atom. The Labute approximate surface area is 161 Å². The molecule has 1 aromatic carbocycles. The summed E-state index contributed by atoms with van der Waals surface area (Å²) in [7, 11) is 0. The maximum absolute atomic E-state index is 4.30. The first-order chi connectivity index (χ1) is 12.7. The van der Waals surface area contributed by atoms with Crippen molar-refractivity contribution < 1.29 is 0 Å². The SMILES string of the molecule is C=C(Cc1ccc(CCCCC2CCCNCC2)cc1)N1CC(CC)C1. The molecule has 2 aliphatic heterocycles. The molecular weight excluding hydrogens is 316 g/mol. The summed E-state index contributed by atoms with van der Waals surface area (Å²) in [5.74, 6) is 1.86. The molecule has 2 saturated heterocycles. The first kappa shape index (κ1) is 19.5. The first-order valence-corrected chi connectivity index (χ1v) is 11.0. The standard InChI is InChI=1S/C24H38N2/c1-3-21-18-26(19-21)20(2)17-24-12-10-23(11-13-24)8-5-4-7-22-9-6-15-25-16-14-22/h10-13,21-22,25H,2-9,14-19H2,1H3. The van der Waals surface area contributed by atoms with Gasteiger partial charge in [-0.05, 0) is 74.6 Å². The highest BCUT2D eigenvalue weighted by atomic mass is 15.2. The third-order valence-electron chi connectivity index (χ3n) is 6.44.